The smallest absolute Gasteiger partial charge is 0.230 e. The van der Waals surface area contributed by atoms with E-state index in [1.165, 1.54) is 0 Å². The number of aromatic nitrogens is 2. The van der Waals surface area contributed by atoms with Crippen LogP contribution in [0.4, 0.5) is 0 Å². The van der Waals surface area contributed by atoms with E-state index in [1.54, 1.807) is 6.20 Å². The molecular weight excluding hydrogens is 234 g/mol. The Bertz CT molecular complexity index is 248. The van der Waals surface area contributed by atoms with Crippen LogP contribution >= 0.6 is 15.9 Å². The molecule has 13 heavy (non-hydrogen) atoms. The van der Waals surface area contributed by atoms with Gasteiger partial charge in [-0.05, 0) is 12.5 Å². The fourth-order valence-corrected chi connectivity index (χ4v) is 1.15. The number of nitrogens with one attached hydrogen (secondary N) is 1. The third kappa shape index (κ3) is 4.07. The lowest BCUT2D eigenvalue weighted by Gasteiger charge is -2.02. The van der Waals surface area contributed by atoms with Crippen molar-refractivity contribution in [3.63, 3.8) is 0 Å². The number of halogens is 1. The Morgan fingerprint density at radius 3 is 3.08 bits per heavy atom. The maximum atomic E-state index is 10.8. The summed E-state index contributed by atoms with van der Waals surface area (Å²) >= 11 is 3.08. The number of amides is 1. The van der Waals surface area contributed by atoms with Crippen molar-refractivity contribution in [2.24, 2.45) is 0 Å². The average molecular weight is 246 g/mol. The molecule has 1 aromatic rings. The number of carbonyl (C=O) groups excluding carboxylic acids is 1. The molecule has 0 radical (unpaired) electrons. The van der Waals surface area contributed by atoms with E-state index in [-0.39, 0.29) is 5.91 Å². The van der Waals surface area contributed by atoms with Crippen LogP contribution < -0.4 is 5.32 Å². The van der Waals surface area contributed by atoms with Gasteiger partial charge in [0, 0.05) is 25.5 Å². The molecule has 4 nitrogen and oxygen atoms in total. The number of carbonyl (C=O) groups is 1. The van der Waals surface area contributed by atoms with Crippen molar-refractivity contribution in [1.29, 1.82) is 0 Å². The quantitative estimate of drug-likeness (QED) is 0.616. The van der Waals surface area contributed by atoms with Crippen LogP contribution in [0.2, 0.25) is 0 Å². The molecular formula is C8H12BrN3O. The molecule has 0 fully saturated rings. The highest BCUT2D eigenvalue weighted by Gasteiger charge is 1.96. The molecule has 1 N–H and O–H groups in total. The predicted molar refractivity (Wildman–Crippen MR) is 53.6 cm³/mol. The van der Waals surface area contributed by atoms with Crippen LogP contribution in [0.3, 0.4) is 0 Å². The second-order valence-electron chi connectivity index (χ2n) is 2.61. The van der Waals surface area contributed by atoms with E-state index in [4.69, 9.17) is 0 Å². The zero-order valence-electron chi connectivity index (χ0n) is 7.24. The summed E-state index contributed by atoms with van der Waals surface area (Å²) in [4.78, 5) is 10.8. The molecule has 1 aromatic heterocycles. The van der Waals surface area contributed by atoms with Gasteiger partial charge in [0.1, 0.15) is 0 Å². The third-order valence-electron chi connectivity index (χ3n) is 1.57. The number of aryl methyl sites for hydroxylation is 1. The first-order valence-corrected chi connectivity index (χ1v) is 5.25. The number of hydrogen-bond acceptors (Lipinski definition) is 2. The zero-order chi connectivity index (χ0) is 9.52. The molecule has 0 atom stereocenters. The summed E-state index contributed by atoms with van der Waals surface area (Å²) in [7, 11) is 0. The normalized spacial score (nSPS) is 9.92. The Morgan fingerprint density at radius 2 is 2.46 bits per heavy atom. The molecule has 5 heteroatoms. The maximum Gasteiger partial charge on any atom is 0.230 e. The van der Waals surface area contributed by atoms with Gasteiger partial charge in [0.05, 0.1) is 5.33 Å². The minimum atomic E-state index is 0.0282. The zero-order valence-corrected chi connectivity index (χ0v) is 8.83. The minimum Gasteiger partial charge on any atom is -0.355 e. The highest BCUT2D eigenvalue weighted by atomic mass is 79.9. The second-order valence-corrected chi connectivity index (χ2v) is 3.17. The Hall–Kier alpha value is -0.840. The maximum absolute atomic E-state index is 10.8. The van der Waals surface area contributed by atoms with E-state index in [0.29, 0.717) is 11.9 Å². The molecule has 0 unspecified atom stereocenters. The van der Waals surface area contributed by atoms with Gasteiger partial charge in [-0.15, -0.1) is 0 Å². The lowest BCUT2D eigenvalue weighted by atomic mass is 10.4. The lowest BCUT2D eigenvalue weighted by Crippen LogP contribution is -2.25. The van der Waals surface area contributed by atoms with E-state index in [0.717, 1.165) is 13.0 Å². The SMILES string of the molecule is O=C(CBr)NCCCn1cccn1. The fraction of sp³-hybridized carbons (Fsp3) is 0.500. The van der Waals surface area contributed by atoms with Crippen LogP contribution in [-0.2, 0) is 11.3 Å². The number of hydrogen-bond donors (Lipinski definition) is 1. The van der Waals surface area contributed by atoms with Crippen molar-refractivity contribution in [1.82, 2.24) is 15.1 Å². The monoisotopic (exact) mass is 245 g/mol. The van der Waals surface area contributed by atoms with E-state index in [1.807, 2.05) is 16.9 Å². The molecule has 1 rings (SSSR count). The van der Waals surface area contributed by atoms with Crippen molar-refractivity contribution >= 4 is 21.8 Å². The van der Waals surface area contributed by atoms with Crippen LogP contribution in [0.25, 0.3) is 0 Å². The first-order chi connectivity index (χ1) is 6.33. The van der Waals surface area contributed by atoms with Crippen LogP contribution in [0.1, 0.15) is 6.42 Å². The van der Waals surface area contributed by atoms with Crippen LogP contribution in [0.15, 0.2) is 18.5 Å². The molecule has 1 heterocycles. The van der Waals surface area contributed by atoms with E-state index < -0.39 is 0 Å². The summed E-state index contributed by atoms with van der Waals surface area (Å²) in [5.41, 5.74) is 0. The standard InChI is InChI=1S/C8H12BrN3O/c9-7-8(13)10-3-1-5-12-6-2-4-11-12/h2,4,6H,1,3,5,7H2,(H,10,13). The summed E-state index contributed by atoms with van der Waals surface area (Å²) in [5.74, 6) is 0.0282. The number of alkyl halides is 1. The van der Waals surface area contributed by atoms with Gasteiger partial charge in [0.25, 0.3) is 0 Å². The summed E-state index contributed by atoms with van der Waals surface area (Å²) in [6, 6.07) is 1.89. The average Bonchev–Trinajstić information content (AvgIpc) is 2.64. The Kier molecular flexibility index (Phi) is 4.53. The van der Waals surface area contributed by atoms with Crippen molar-refractivity contribution in [2.75, 3.05) is 11.9 Å². The fourth-order valence-electron chi connectivity index (χ4n) is 0.949. The summed E-state index contributed by atoms with van der Waals surface area (Å²) < 4.78 is 1.85. The first kappa shape index (κ1) is 10.2. The van der Waals surface area contributed by atoms with E-state index in [9.17, 15) is 4.79 Å². The summed E-state index contributed by atoms with van der Waals surface area (Å²) in [5, 5.41) is 7.19. The van der Waals surface area contributed by atoms with E-state index >= 15 is 0 Å². The van der Waals surface area contributed by atoms with Crippen molar-refractivity contribution in [3.8, 4) is 0 Å². The van der Waals surface area contributed by atoms with Gasteiger partial charge in [-0.1, -0.05) is 15.9 Å². The number of nitrogens with zero attached hydrogens (tertiary/aromatic N) is 2. The Labute approximate surface area is 85.4 Å². The van der Waals surface area contributed by atoms with Gasteiger partial charge in [-0.25, -0.2) is 0 Å². The van der Waals surface area contributed by atoms with Gasteiger partial charge in [0.2, 0.25) is 5.91 Å². The van der Waals surface area contributed by atoms with Crippen molar-refractivity contribution in [2.45, 2.75) is 13.0 Å². The third-order valence-corrected chi connectivity index (χ3v) is 2.08. The van der Waals surface area contributed by atoms with Gasteiger partial charge in [0.15, 0.2) is 0 Å². The van der Waals surface area contributed by atoms with E-state index in [2.05, 4.69) is 26.3 Å². The minimum absolute atomic E-state index is 0.0282. The number of rotatable bonds is 5. The van der Waals surface area contributed by atoms with Gasteiger partial charge in [-0.3, -0.25) is 9.48 Å². The van der Waals surface area contributed by atoms with Crippen LogP contribution in [0, 0.1) is 0 Å². The molecule has 0 saturated heterocycles. The van der Waals surface area contributed by atoms with Crippen LogP contribution in [-0.4, -0.2) is 27.6 Å². The van der Waals surface area contributed by atoms with Crippen LogP contribution in [0.5, 0.6) is 0 Å². The molecule has 0 saturated carbocycles. The molecule has 0 spiro atoms. The lowest BCUT2D eigenvalue weighted by molar-refractivity contribution is -0.118. The van der Waals surface area contributed by atoms with Gasteiger partial charge in [-0.2, -0.15) is 5.10 Å². The molecule has 72 valence electrons. The highest BCUT2D eigenvalue weighted by Crippen LogP contribution is 1.88. The Balaban J connectivity index is 2.05. The summed E-state index contributed by atoms with van der Waals surface area (Å²) in [6.07, 6.45) is 4.56. The van der Waals surface area contributed by atoms with Crippen molar-refractivity contribution < 1.29 is 4.79 Å². The molecule has 0 aromatic carbocycles. The largest absolute Gasteiger partial charge is 0.355 e. The molecule has 0 aliphatic carbocycles. The molecule has 1 amide bonds. The summed E-state index contributed by atoms with van der Waals surface area (Å²) in [6.45, 7) is 1.54. The van der Waals surface area contributed by atoms with Gasteiger partial charge < -0.3 is 5.32 Å². The molecule has 0 aliphatic rings. The highest BCUT2D eigenvalue weighted by molar-refractivity contribution is 9.09. The van der Waals surface area contributed by atoms with Gasteiger partial charge >= 0.3 is 0 Å². The molecule has 0 bridgehead atoms. The second kappa shape index (κ2) is 5.75. The predicted octanol–water partition coefficient (Wildman–Crippen LogP) is 0.784. The Morgan fingerprint density at radius 1 is 1.62 bits per heavy atom. The topological polar surface area (TPSA) is 46.9 Å². The first-order valence-electron chi connectivity index (χ1n) is 4.13. The molecule has 0 aliphatic heterocycles. The van der Waals surface area contributed by atoms with Crippen molar-refractivity contribution in [3.05, 3.63) is 18.5 Å².